The van der Waals surface area contributed by atoms with Crippen molar-refractivity contribution < 1.29 is 9.84 Å². The van der Waals surface area contributed by atoms with Gasteiger partial charge in [0.2, 0.25) is 0 Å². The highest BCUT2D eigenvalue weighted by Gasteiger charge is 2.34. The molecule has 0 bridgehead atoms. The van der Waals surface area contributed by atoms with E-state index >= 15 is 0 Å². The SMILES string of the molecule is CN1CCC(CN(C)CC2(CO)CCCOC2)C1. The molecule has 18 heavy (non-hydrogen) atoms. The van der Waals surface area contributed by atoms with E-state index in [9.17, 15) is 5.11 Å². The Bertz CT molecular complexity index is 254. The van der Waals surface area contributed by atoms with Crippen LogP contribution >= 0.6 is 0 Å². The zero-order chi connectivity index (χ0) is 13.0. The Balaban J connectivity index is 1.79. The molecule has 4 heteroatoms. The summed E-state index contributed by atoms with van der Waals surface area (Å²) in [6.45, 7) is 6.38. The number of hydrogen-bond acceptors (Lipinski definition) is 4. The Kier molecular flexibility index (Phi) is 5.01. The molecule has 2 fully saturated rings. The molecule has 2 unspecified atom stereocenters. The third-order valence-electron chi connectivity index (χ3n) is 4.40. The highest BCUT2D eigenvalue weighted by atomic mass is 16.5. The van der Waals surface area contributed by atoms with Gasteiger partial charge in [-0.1, -0.05) is 0 Å². The average Bonchev–Trinajstić information content (AvgIpc) is 2.75. The van der Waals surface area contributed by atoms with Gasteiger partial charge in [0.25, 0.3) is 0 Å². The van der Waals surface area contributed by atoms with E-state index in [2.05, 4.69) is 23.9 Å². The third-order valence-corrected chi connectivity index (χ3v) is 4.40. The quantitative estimate of drug-likeness (QED) is 0.784. The molecule has 2 atom stereocenters. The summed E-state index contributed by atoms with van der Waals surface area (Å²) in [5, 5.41) is 9.68. The van der Waals surface area contributed by atoms with Crippen LogP contribution in [0.3, 0.4) is 0 Å². The Labute approximate surface area is 111 Å². The zero-order valence-corrected chi connectivity index (χ0v) is 11.9. The Morgan fingerprint density at radius 2 is 2.33 bits per heavy atom. The predicted molar refractivity (Wildman–Crippen MR) is 72.7 cm³/mol. The van der Waals surface area contributed by atoms with Gasteiger partial charge in [0.15, 0.2) is 0 Å². The van der Waals surface area contributed by atoms with E-state index in [-0.39, 0.29) is 12.0 Å². The van der Waals surface area contributed by atoms with E-state index in [1.807, 2.05) is 0 Å². The molecule has 1 N–H and O–H groups in total. The van der Waals surface area contributed by atoms with Crippen molar-refractivity contribution in [1.82, 2.24) is 9.80 Å². The van der Waals surface area contributed by atoms with E-state index in [4.69, 9.17) is 4.74 Å². The number of aliphatic hydroxyl groups excluding tert-OH is 1. The molecule has 106 valence electrons. The Morgan fingerprint density at radius 3 is 2.89 bits per heavy atom. The second kappa shape index (κ2) is 6.33. The normalized spacial score (nSPS) is 34.3. The van der Waals surface area contributed by atoms with Crippen molar-refractivity contribution in [2.75, 3.05) is 60.1 Å². The molecule has 2 heterocycles. The third kappa shape index (κ3) is 3.67. The van der Waals surface area contributed by atoms with Crippen LogP contribution in [0.5, 0.6) is 0 Å². The zero-order valence-electron chi connectivity index (χ0n) is 11.9. The number of ether oxygens (including phenoxy) is 1. The molecule has 2 aliphatic rings. The minimum absolute atomic E-state index is 0.0164. The fourth-order valence-corrected chi connectivity index (χ4v) is 3.46. The van der Waals surface area contributed by atoms with Crippen molar-refractivity contribution in [3.63, 3.8) is 0 Å². The maximum absolute atomic E-state index is 9.68. The number of hydrogen-bond donors (Lipinski definition) is 1. The van der Waals surface area contributed by atoms with Crippen LogP contribution in [0, 0.1) is 11.3 Å². The van der Waals surface area contributed by atoms with Gasteiger partial charge in [-0.3, -0.25) is 0 Å². The fourth-order valence-electron chi connectivity index (χ4n) is 3.46. The fraction of sp³-hybridized carbons (Fsp3) is 1.00. The first-order chi connectivity index (χ1) is 8.63. The molecule has 0 saturated carbocycles. The van der Waals surface area contributed by atoms with Crippen molar-refractivity contribution >= 4 is 0 Å². The van der Waals surface area contributed by atoms with Crippen molar-refractivity contribution in [2.45, 2.75) is 19.3 Å². The minimum Gasteiger partial charge on any atom is -0.396 e. The Hall–Kier alpha value is -0.160. The summed E-state index contributed by atoms with van der Waals surface area (Å²) in [6.07, 6.45) is 3.49. The monoisotopic (exact) mass is 256 g/mol. The lowest BCUT2D eigenvalue weighted by Gasteiger charge is -2.39. The van der Waals surface area contributed by atoms with Crippen LogP contribution in [0.25, 0.3) is 0 Å². The van der Waals surface area contributed by atoms with E-state index in [0.717, 1.165) is 45.1 Å². The summed E-state index contributed by atoms with van der Waals surface area (Å²) in [6, 6.07) is 0. The van der Waals surface area contributed by atoms with Crippen LogP contribution in [-0.4, -0.2) is 75.0 Å². The van der Waals surface area contributed by atoms with Gasteiger partial charge >= 0.3 is 0 Å². The summed E-state index contributed by atoms with van der Waals surface area (Å²) in [5.74, 6) is 0.792. The first kappa shape index (κ1) is 14.3. The molecule has 0 aromatic heterocycles. The topological polar surface area (TPSA) is 35.9 Å². The maximum atomic E-state index is 9.68. The minimum atomic E-state index is -0.0164. The standard InChI is InChI=1S/C14H28N2O2/c1-15-6-4-13(8-15)9-16(2)10-14(11-17)5-3-7-18-12-14/h13,17H,3-12H2,1-2H3. The lowest BCUT2D eigenvalue weighted by molar-refractivity contribution is -0.0534. The summed E-state index contributed by atoms with van der Waals surface area (Å²) >= 11 is 0. The number of rotatable bonds is 5. The molecule has 0 aromatic carbocycles. The molecule has 0 aliphatic carbocycles. The van der Waals surface area contributed by atoms with E-state index < -0.39 is 0 Å². The molecule has 0 radical (unpaired) electrons. The van der Waals surface area contributed by atoms with Crippen LogP contribution in [0.15, 0.2) is 0 Å². The predicted octanol–water partition coefficient (Wildman–Crippen LogP) is 0.659. The first-order valence-corrected chi connectivity index (χ1v) is 7.19. The van der Waals surface area contributed by atoms with E-state index in [1.165, 1.54) is 19.5 Å². The van der Waals surface area contributed by atoms with Crippen LogP contribution in [0.2, 0.25) is 0 Å². The molecule has 0 amide bonds. The second-order valence-corrected chi connectivity index (χ2v) is 6.43. The largest absolute Gasteiger partial charge is 0.396 e. The van der Waals surface area contributed by atoms with Gasteiger partial charge in [0, 0.05) is 31.7 Å². The van der Waals surface area contributed by atoms with Crippen LogP contribution in [0.1, 0.15) is 19.3 Å². The molecule has 4 nitrogen and oxygen atoms in total. The van der Waals surface area contributed by atoms with E-state index in [0.29, 0.717) is 0 Å². The maximum Gasteiger partial charge on any atom is 0.0556 e. The number of nitrogens with zero attached hydrogens (tertiary/aromatic N) is 2. The van der Waals surface area contributed by atoms with Crippen molar-refractivity contribution in [3.8, 4) is 0 Å². The van der Waals surface area contributed by atoms with Crippen molar-refractivity contribution in [1.29, 1.82) is 0 Å². The van der Waals surface area contributed by atoms with Crippen molar-refractivity contribution in [3.05, 3.63) is 0 Å². The number of aliphatic hydroxyl groups is 1. The van der Waals surface area contributed by atoms with Gasteiger partial charge in [-0.05, 0) is 45.8 Å². The Morgan fingerprint density at radius 1 is 1.50 bits per heavy atom. The lowest BCUT2D eigenvalue weighted by Crippen LogP contribution is -2.45. The summed E-state index contributed by atoms with van der Waals surface area (Å²) in [5.41, 5.74) is -0.0164. The van der Waals surface area contributed by atoms with Gasteiger partial charge in [-0.15, -0.1) is 0 Å². The van der Waals surface area contributed by atoms with Gasteiger partial charge in [0.1, 0.15) is 0 Å². The van der Waals surface area contributed by atoms with Crippen LogP contribution in [-0.2, 0) is 4.74 Å². The molecule has 0 spiro atoms. The second-order valence-electron chi connectivity index (χ2n) is 6.43. The molecule has 2 rings (SSSR count). The first-order valence-electron chi connectivity index (χ1n) is 7.19. The van der Waals surface area contributed by atoms with Crippen molar-refractivity contribution in [2.24, 2.45) is 11.3 Å². The summed E-state index contributed by atoms with van der Waals surface area (Å²) in [4.78, 5) is 4.80. The van der Waals surface area contributed by atoms with Crippen LogP contribution < -0.4 is 0 Å². The molecular formula is C14H28N2O2. The lowest BCUT2D eigenvalue weighted by atomic mass is 9.82. The molecule has 2 saturated heterocycles. The van der Waals surface area contributed by atoms with E-state index in [1.54, 1.807) is 0 Å². The van der Waals surface area contributed by atoms with Gasteiger partial charge in [-0.25, -0.2) is 0 Å². The van der Waals surface area contributed by atoms with Gasteiger partial charge in [0.05, 0.1) is 13.2 Å². The van der Waals surface area contributed by atoms with Gasteiger partial charge < -0.3 is 19.6 Å². The van der Waals surface area contributed by atoms with Crippen LogP contribution in [0.4, 0.5) is 0 Å². The highest BCUT2D eigenvalue weighted by molar-refractivity contribution is 4.85. The number of likely N-dealkylation sites (tertiary alicyclic amines) is 1. The smallest absolute Gasteiger partial charge is 0.0556 e. The summed E-state index contributed by atoms with van der Waals surface area (Å²) in [7, 11) is 4.38. The molecule has 0 aromatic rings. The van der Waals surface area contributed by atoms with Gasteiger partial charge in [-0.2, -0.15) is 0 Å². The summed E-state index contributed by atoms with van der Waals surface area (Å²) < 4.78 is 5.57. The molecule has 2 aliphatic heterocycles. The highest BCUT2D eigenvalue weighted by Crippen LogP contribution is 2.29. The average molecular weight is 256 g/mol. The molecular weight excluding hydrogens is 228 g/mol.